The van der Waals surface area contributed by atoms with Gasteiger partial charge in [-0.25, -0.2) is 0 Å². The van der Waals surface area contributed by atoms with Crippen LogP contribution in [0.5, 0.6) is 0 Å². The third kappa shape index (κ3) is 4.67. The predicted molar refractivity (Wildman–Crippen MR) is 81.3 cm³/mol. The first-order valence-corrected chi connectivity index (χ1v) is 7.16. The van der Waals surface area contributed by atoms with E-state index in [4.69, 9.17) is 5.73 Å². The predicted octanol–water partition coefficient (Wildman–Crippen LogP) is 3.11. The third-order valence-corrected chi connectivity index (χ3v) is 3.53. The molecule has 0 aliphatic rings. The topological polar surface area (TPSA) is 46.3 Å². The highest BCUT2D eigenvalue weighted by Crippen LogP contribution is 2.21. The molecule has 0 heterocycles. The molecule has 106 valence electrons. The van der Waals surface area contributed by atoms with Crippen LogP contribution in [0, 0.1) is 12.8 Å². The highest BCUT2D eigenvalue weighted by Gasteiger charge is 2.16. The zero-order valence-corrected chi connectivity index (χ0v) is 12.4. The average Bonchev–Trinajstić information content (AvgIpc) is 2.40. The molecule has 1 aromatic carbocycles. The second kappa shape index (κ2) is 7.95. The quantitative estimate of drug-likeness (QED) is 0.820. The van der Waals surface area contributed by atoms with Crippen molar-refractivity contribution in [2.75, 3.05) is 18.0 Å². The highest BCUT2D eigenvalue weighted by molar-refractivity contribution is 5.93. The van der Waals surface area contributed by atoms with Crippen molar-refractivity contribution in [3.63, 3.8) is 0 Å². The normalized spacial score (nSPS) is 12.2. The van der Waals surface area contributed by atoms with Gasteiger partial charge in [-0.2, -0.15) is 0 Å². The molecule has 0 bridgehead atoms. The molecule has 1 amide bonds. The Labute approximate surface area is 116 Å². The minimum Gasteiger partial charge on any atom is -0.330 e. The maximum Gasteiger partial charge on any atom is 0.226 e. The summed E-state index contributed by atoms with van der Waals surface area (Å²) in [5.41, 5.74) is 7.71. The maximum absolute atomic E-state index is 12.3. The van der Waals surface area contributed by atoms with E-state index in [9.17, 15) is 4.79 Å². The van der Waals surface area contributed by atoms with Crippen LogP contribution in [0.15, 0.2) is 24.3 Å². The molecule has 1 aromatic rings. The number of hydrogen-bond donors (Lipinski definition) is 1. The average molecular weight is 262 g/mol. The zero-order valence-electron chi connectivity index (χ0n) is 12.4. The zero-order chi connectivity index (χ0) is 14.3. The Balaban J connectivity index is 2.65. The first-order chi connectivity index (χ1) is 9.10. The summed E-state index contributed by atoms with van der Waals surface area (Å²) in [5.74, 6) is 0.727. The molecule has 2 N–H and O–H groups in total. The Morgan fingerprint density at radius 1 is 1.32 bits per heavy atom. The second-order valence-corrected chi connectivity index (χ2v) is 5.15. The van der Waals surface area contributed by atoms with Gasteiger partial charge in [-0.05, 0) is 50.8 Å². The Hall–Kier alpha value is -1.35. The van der Waals surface area contributed by atoms with Gasteiger partial charge in [0.15, 0.2) is 0 Å². The van der Waals surface area contributed by atoms with E-state index in [1.165, 1.54) is 0 Å². The fraction of sp³-hybridized carbons (Fsp3) is 0.562. The van der Waals surface area contributed by atoms with Gasteiger partial charge in [0.2, 0.25) is 5.91 Å². The Morgan fingerprint density at radius 2 is 2.00 bits per heavy atom. The number of rotatable bonds is 7. The first kappa shape index (κ1) is 15.7. The fourth-order valence-electron chi connectivity index (χ4n) is 2.28. The molecule has 0 radical (unpaired) electrons. The molecule has 1 unspecified atom stereocenters. The smallest absolute Gasteiger partial charge is 0.226 e. The van der Waals surface area contributed by atoms with E-state index in [-0.39, 0.29) is 5.91 Å². The SMILES string of the molecule is CCN(C(=O)CCC(C)CCN)c1ccccc1C. The lowest BCUT2D eigenvalue weighted by atomic mass is 10.0. The van der Waals surface area contributed by atoms with Crippen LogP contribution in [0.1, 0.15) is 38.7 Å². The van der Waals surface area contributed by atoms with E-state index in [2.05, 4.69) is 6.92 Å². The van der Waals surface area contributed by atoms with Crippen molar-refractivity contribution in [3.05, 3.63) is 29.8 Å². The van der Waals surface area contributed by atoms with Crippen molar-refractivity contribution < 1.29 is 4.79 Å². The summed E-state index contributed by atoms with van der Waals surface area (Å²) < 4.78 is 0. The largest absolute Gasteiger partial charge is 0.330 e. The molecule has 19 heavy (non-hydrogen) atoms. The minimum atomic E-state index is 0.209. The number of aryl methyl sites for hydroxylation is 1. The summed E-state index contributed by atoms with van der Waals surface area (Å²) in [5, 5.41) is 0. The van der Waals surface area contributed by atoms with Crippen LogP contribution in [0.25, 0.3) is 0 Å². The summed E-state index contributed by atoms with van der Waals surface area (Å²) in [6, 6.07) is 8.04. The van der Waals surface area contributed by atoms with E-state index in [0.29, 0.717) is 18.9 Å². The number of nitrogens with zero attached hydrogens (tertiary/aromatic N) is 1. The molecule has 1 rings (SSSR count). The molecule has 3 heteroatoms. The van der Waals surface area contributed by atoms with Crippen LogP contribution >= 0.6 is 0 Å². The second-order valence-electron chi connectivity index (χ2n) is 5.15. The van der Waals surface area contributed by atoms with Gasteiger partial charge >= 0.3 is 0 Å². The third-order valence-electron chi connectivity index (χ3n) is 3.53. The van der Waals surface area contributed by atoms with E-state index < -0.39 is 0 Å². The van der Waals surface area contributed by atoms with Gasteiger partial charge in [0.05, 0.1) is 0 Å². The van der Waals surface area contributed by atoms with E-state index in [1.54, 1.807) is 0 Å². The molecule has 0 aliphatic heterocycles. The molecule has 0 aliphatic carbocycles. The van der Waals surface area contributed by atoms with Crippen LogP contribution in [-0.4, -0.2) is 19.0 Å². The van der Waals surface area contributed by atoms with Crippen LogP contribution in [0.3, 0.4) is 0 Å². The molecule has 0 spiro atoms. The van der Waals surface area contributed by atoms with Gasteiger partial charge in [0, 0.05) is 18.7 Å². The number of benzene rings is 1. The van der Waals surface area contributed by atoms with E-state index in [0.717, 1.165) is 30.6 Å². The lowest BCUT2D eigenvalue weighted by Gasteiger charge is -2.23. The lowest BCUT2D eigenvalue weighted by molar-refractivity contribution is -0.118. The highest BCUT2D eigenvalue weighted by atomic mass is 16.2. The van der Waals surface area contributed by atoms with Gasteiger partial charge in [-0.3, -0.25) is 4.79 Å². The summed E-state index contributed by atoms with van der Waals surface area (Å²) in [6.45, 7) is 7.64. The Morgan fingerprint density at radius 3 is 2.58 bits per heavy atom. The standard InChI is InChI=1S/C16H26N2O/c1-4-18(15-8-6-5-7-14(15)3)16(19)10-9-13(2)11-12-17/h5-8,13H,4,9-12,17H2,1-3H3. The number of nitrogens with two attached hydrogens (primary N) is 1. The molecule has 0 fully saturated rings. The van der Waals surface area contributed by atoms with Crippen molar-refractivity contribution >= 4 is 11.6 Å². The van der Waals surface area contributed by atoms with Crippen molar-refractivity contribution in [3.8, 4) is 0 Å². The van der Waals surface area contributed by atoms with Crippen LogP contribution in [-0.2, 0) is 4.79 Å². The number of carbonyl (C=O) groups is 1. The molecule has 1 atom stereocenters. The molecule has 0 aromatic heterocycles. The molecular weight excluding hydrogens is 236 g/mol. The minimum absolute atomic E-state index is 0.209. The van der Waals surface area contributed by atoms with Gasteiger partial charge < -0.3 is 10.6 Å². The summed E-state index contributed by atoms with van der Waals surface area (Å²) in [6.07, 6.45) is 2.51. The summed E-state index contributed by atoms with van der Waals surface area (Å²) in [4.78, 5) is 14.2. The van der Waals surface area contributed by atoms with Gasteiger partial charge in [0.1, 0.15) is 0 Å². The number of para-hydroxylation sites is 1. The Bertz CT molecular complexity index is 403. The number of amides is 1. The maximum atomic E-state index is 12.3. The molecule has 0 saturated heterocycles. The first-order valence-electron chi connectivity index (χ1n) is 7.16. The summed E-state index contributed by atoms with van der Waals surface area (Å²) in [7, 11) is 0. The number of anilines is 1. The van der Waals surface area contributed by atoms with Crippen LogP contribution < -0.4 is 10.6 Å². The van der Waals surface area contributed by atoms with Crippen molar-refractivity contribution in [2.45, 2.75) is 40.0 Å². The van der Waals surface area contributed by atoms with Crippen LogP contribution in [0.4, 0.5) is 5.69 Å². The number of hydrogen-bond acceptors (Lipinski definition) is 2. The van der Waals surface area contributed by atoms with Crippen LogP contribution in [0.2, 0.25) is 0 Å². The molecular formula is C16H26N2O. The van der Waals surface area contributed by atoms with Crippen molar-refractivity contribution in [1.82, 2.24) is 0 Å². The summed E-state index contributed by atoms with van der Waals surface area (Å²) >= 11 is 0. The van der Waals surface area contributed by atoms with Gasteiger partial charge in [-0.1, -0.05) is 25.1 Å². The molecule has 3 nitrogen and oxygen atoms in total. The van der Waals surface area contributed by atoms with Gasteiger partial charge in [-0.15, -0.1) is 0 Å². The Kier molecular flexibility index (Phi) is 6.57. The molecule has 0 saturated carbocycles. The van der Waals surface area contributed by atoms with E-state index >= 15 is 0 Å². The van der Waals surface area contributed by atoms with Crippen molar-refractivity contribution in [1.29, 1.82) is 0 Å². The fourth-order valence-corrected chi connectivity index (χ4v) is 2.28. The van der Waals surface area contributed by atoms with E-state index in [1.807, 2.05) is 43.0 Å². The monoisotopic (exact) mass is 262 g/mol. The van der Waals surface area contributed by atoms with Crippen molar-refractivity contribution in [2.24, 2.45) is 11.7 Å². The lowest BCUT2D eigenvalue weighted by Crippen LogP contribution is -2.31. The van der Waals surface area contributed by atoms with Gasteiger partial charge in [0.25, 0.3) is 0 Å². The number of carbonyl (C=O) groups excluding carboxylic acids is 1.